The molecule has 3 aliphatic rings. The number of rotatable bonds is 3. The maximum Gasteiger partial charge on any atom is 0.134 e. The number of nitrogens with zero attached hydrogens (tertiary/aromatic N) is 4. The number of thioether (sulfide) groups is 1. The Morgan fingerprint density at radius 1 is 0.958 bits per heavy atom. The van der Waals surface area contributed by atoms with E-state index in [1.54, 1.807) is 6.33 Å². The second-order valence-corrected chi connectivity index (χ2v) is 8.48. The predicted molar refractivity (Wildman–Crippen MR) is 99.9 cm³/mol. The van der Waals surface area contributed by atoms with Crippen molar-refractivity contribution in [1.82, 2.24) is 9.97 Å². The molecule has 6 heteroatoms. The summed E-state index contributed by atoms with van der Waals surface area (Å²) in [6.45, 7) is 3.21. The minimum atomic E-state index is -0.134. The fourth-order valence-electron chi connectivity index (χ4n) is 4.57. The Morgan fingerprint density at radius 2 is 1.75 bits per heavy atom. The minimum absolute atomic E-state index is 0.134. The van der Waals surface area contributed by atoms with E-state index in [1.165, 1.54) is 37.2 Å². The zero-order valence-corrected chi connectivity index (χ0v) is 15.1. The van der Waals surface area contributed by atoms with Gasteiger partial charge in [0.1, 0.15) is 18.0 Å². The Balaban J connectivity index is 1.53. The first-order valence-corrected chi connectivity index (χ1v) is 10.6. The van der Waals surface area contributed by atoms with Crippen LogP contribution in [0.5, 0.6) is 0 Å². The molecular weight excluding hydrogens is 320 g/mol. The van der Waals surface area contributed by atoms with Crippen LogP contribution in [-0.4, -0.2) is 58.4 Å². The number of aromatic nitrogens is 2. The monoisotopic (exact) mass is 348 g/mol. The first-order chi connectivity index (χ1) is 11.8. The van der Waals surface area contributed by atoms with Crippen molar-refractivity contribution in [3.8, 4) is 0 Å². The van der Waals surface area contributed by atoms with Gasteiger partial charge < -0.3 is 14.9 Å². The van der Waals surface area contributed by atoms with E-state index in [0.717, 1.165) is 44.1 Å². The van der Waals surface area contributed by atoms with Gasteiger partial charge in [-0.05, 0) is 25.7 Å². The SMILES string of the molecule is O[C@@H]1CCCC[C@@H]1[C@H]1CCCN1c1cc(N2CCSCC2)ncn1. The van der Waals surface area contributed by atoms with Crippen LogP contribution in [-0.2, 0) is 0 Å². The summed E-state index contributed by atoms with van der Waals surface area (Å²) >= 11 is 2.02. The molecule has 0 unspecified atom stereocenters. The molecule has 0 amide bonds. The zero-order valence-electron chi connectivity index (χ0n) is 14.3. The molecule has 1 aliphatic carbocycles. The Hall–Kier alpha value is -1.01. The quantitative estimate of drug-likeness (QED) is 0.906. The van der Waals surface area contributed by atoms with Gasteiger partial charge in [-0.3, -0.25) is 0 Å². The third-order valence-corrected chi connectivity index (χ3v) is 6.79. The fourth-order valence-corrected chi connectivity index (χ4v) is 5.47. The highest BCUT2D eigenvalue weighted by Crippen LogP contribution is 2.37. The summed E-state index contributed by atoms with van der Waals surface area (Å²) in [6, 6.07) is 2.61. The number of hydrogen-bond acceptors (Lipinski definition) is 6. The van der Waals surface area contributed by atoms with Crippen LogP contribution in [0.1, 0.15) is 38.5 Å². The molecule has 3 fully saturated rings. The fraction of sp³-hybridized carbons (Fsp3) is 0.778. The van der Waals surface area contributed by atoms with Crippen molar-refractivity contribution in [2.45, 2.75) is 50.7 Å². The van der Waals surface area contributed by atoms with Crippen molar-refractivity contribution in [1.29, 1.82) is 0 Å². The lowest BCUT2D eigenvalue weighted by molar-refractivity contribution is 0.0565. The molecule has 5 nitrogen and oxygen atoms in total. The zero-order chi connectivity index (χ0) is 16.4. The largest absolute Gasteiger partial charge is 0.393 e. The summed E-state index contributed by atoms with van der Waals surface area (Å²) in [5, 5.41) is 10.5. The van der Waals surface area contributed by atoms with Gasteiger partial charge in [-0.1, -0.05) is 12.8 Å². The molecule has 0 aromatic carbocycles. The lowest BCUT2D eigenvalue weighted by Crippen LogP contribution is -2.43. The Kier molecular flexibility index (Phi) is 5.13. The highest BCUT2D eigenvalue weighted by Gasteiger charge is 2.37. The van der Waals surface area contributed by atoms with Gasteiger partial charge in [0, 0.05) is 49.2 Å². The van der Waals surface area contributed by atoms with Gasteiger partial charge in [0.2, 0.25) is 0 Å². The van der Waals surface area contributed by atoms with Crippen molar-refractivity contribution in [3.63, 3.8) is 0 Å². The first kappa shape index (κ1) is 16.5. The van der Waals surface area contributed by atoms with Crippen LogP contribution in [0.2, 0.25) is 0 Å². The number of hydrogen-bond donors (Lipinski definition) is 1. The van der Waals surface area contributed by atoms with Gasteiger partial charge in [-0.2, -0.15) is 11.8 Å². The highest BCUT2D eigenvalue weighted by molar-refractivity contribution is 7.99. The van der Waals surface area contributed by atoms with Gasteiger partial charge in [0.25, 0.3) is 0 Å². The van der Waals surface area contributed by atoms with Crippen LogP contribution in [0.15, 0.2) is 12.4 Å². The van der Waals surface area contributed by atoms with Crippen molar-refractivity contribution in [3.05, 3.63) is 12.4 Å². The summed E-state index contributed by atoms with van der Waals surface area (Å²) < 4.78 is 0. The van der Waals surface area contributed by atoms with Crippen LogP contribution in [0.3, 0.4) is 0 Å². The molecular formula is C18H28N4OS. The number of aliphatic hydroxyl groups is 1. The molecule has 1 saturated carbocycles. The second kappa shape index (κ2) is 7.48. The highest BCUT2D eigenvalue weighted by atomic mass is 32.2. The summed E-state index contributed by atoms with van der Waals surface area (Å²) in [7, 11) is 0. The van der Waals surface area contributed by atoms with E-state index in [-0.39, 0.29) is 6.10 Å². The first-order valence-electron chi connectivity index (χ1n) is 9.42. The molecule has 1 N–H and O–H groups in total. The van der Waals surface area contributed by atoms with E-state index < -0.39 is 0 Å². The second-order valence-electron chi connectivity index (χ2n) is 7.25. The van der Waals surface area contributed by atoms with Gasteiger partial charge in [-0.15, -0.1) is 0 Å². The topological polar surface area (TPSA) is 52.5 Å². The van der Waals surface area contributed by atoms with Crippen LogP contribution in [0.25, 0.3) is 0 Å². The van der Waals surface area contributed by atoms with E-state index in [2.05, 4.69) is 25.8 Å². The van der Waals surface area contributed by atoms with Crippen molar-refractivity contribution >= 4 is 23.4 Å². The Labute approximate surface area is 148 Å². The summed E-state index contributed by atoms with van der Waals surface area (Å²) in [5.74, 6) is 4.89. The molecule has 0 bridgehead atoms. The summed E-state index contributed by atoms with van der Waals surface area (Å²) in [4.78, 5) is 13.9. The molecule has 1 aromatic rings. The van der Waals surface area contributed by atoms with Gasteiger partial charge in [0.15, 0.2) is 0 Å². The normalized spacial score (nSPS) is 31.5. The van der Waals surface area contributed by atoms with E-state index in [4.69, 9.17) is 0 Å². The maximum absolute atomic E-state index is 10.5. The Morgan fingerprint density at radius 3 is 2.58 bits per heavy atom. The number of anilines is 2. The third-order valence-electron chi connectivity index (χ3n) is 5.84. The molecule has 132 valence electrons. The van der Waals surface area contributed by atoms with E-state index in [1.807, 2.05) is 11.8 Å². The lowest BCUT2D eigenvalue weighted by atomic mass is 9.80. The Bertz CT molecular complexity index is 552. The molecule has 3 atom stereocenters. The van der Waals surface area contributed by atoms with E-state index >= 15 is 0 Å². The average molecular weight is 349 g/mol. The van der Waals surface area contributed by atoms with E-state index in [0.29, 0.717) is 12.0 Å². The summed E-state index contributed by atoms with van der Waals surface area (Å²) in [6.07, 6.45) is 8.53. The van der Waals surface area contributed by atoms with E-state index in [9.17, 15) is 5.11 Å². The lowest BCUT2D eigenvalue weighted by Gasteiger charge is -2.38. The van der Waals surface area contributed by atoms with Crippen molar-refractivity contribution in [2.75, 3.05) is 40.9 Å². The van der Waals surface area contributed by atoms with Crippen molar-refractivity contribution < 1.29 is 5.11 Å². The summed E-state index contributed by atoms with van der Waals surface area (Å²) in [5.41, 5.74) is 0. The minimum Gasteiger partial charge on any atom is -0.393 e. The van der Waals surface area contributed by atoms with Gasteiger partial charge in [0.05, 0.1) is 6.10 Å². The smallest absolute Gasteiger partial charge is 0.134 e. The van der Waals surface area contributed by atoms with Gasteiger partial charge in [-0.25, -0.2) is 9.97 Å². The van der Waals surface area contributed by atoms with Crippen molar-refractivity contribution in [2.24, 2.45) is 5.92 Å². The van der Waals surface area contributed by atoms with Crippen LogP contribution in [0, 0.1) is 5.92 Å². The molecule has 0 spiro atoms. The molecule has 1 aromatic heterocycles. The predicted octanol–water partition coefficient (Wildman–Crippen LogP) is 2.55. The van der Waals surface area contributed by atoms with Crippen LogP contribution in [0.4, 0.5) is 11.6 Å². The molecule has 2 aliphatic heterocycles. The van der Waals surface area contributed by atoms with Gasteiger partial charge >= 0.3 is 0 Å². The molecule has 3 heterocycles. The number of aliphatic hydroxyl groups excluding tert-OH is 1. The molecule has 2 saturated heterocycles. The average Bonchev–Trinajstić information content (AvgIpc) is 3.12. The molecule has 24 heavy (non-hydrogen) atoms. The van der Waals surface area contributed by atoms with Crippen LogP contribution < -0.4 is 9.80 Å². The molecule has 0 radical (unpaired) electrons. The molecule has 4 rings (SSSR count). The third kappa shape index (κ3) is 3.36. The maximum atomic E-state index is 10.5. The standard InChI is InChI=1S/C18H28N4OS/c23-16-6-2-1-4-14(16)15-5-3-7-22(15)18-12-17(19-13-20-18)21-8-10-24-11-9-21/h12-16,23H,1-11H2/t14-,15-,16-/m1/s1. The van der Waals surface area contributed by atoms with Crippen LogP contribution >= 0.6 is 11.8 Å².